The lowest BCUT2D eigenvalue weighted by atomic mass is 9.79. The Morgan fingerprint density at radius 3 is 2.44 bits per heavy atom. The summed E-state index contributed by atoms with van der Waals surface area (Å²) in [6.07, 6.45) is 5.52. The van der Waals surface area contributed by atoms with Gasteiger partial charge in [0.1, 0.15) is 5.78 Å². The van der Waals surface area contributed by atoms with Crippen LogP contribution < -0.4 is 0 Å². The molecule has 104 valence electrons. The molecule has 3 nitrogen and oxygen atoms in total. The SMILES string of the molecule is CC1CCC(C(=O)CC2CN(C)CCN2C)CC1. The van der Waals surface area contributed by atoms with E-state index in [-0.39, 0.29) is 0 Å². The number of nitrogens with zero attached hydrogens (tertiary/aromatic N) is 2. The van der Waals surface area contributed by atoms with Crippen LogP contribution in [0, 0.1) is 11.8 Å². The first-order chi connectivity index (χ1) is 8.56. The zero-order valence-electron chi connectivity index (χ0n) is 12.2. The molecule has 1 atom stereocenters. The highest BCUT2D eigenvalue weighted by Gasteiger charge is 2.29. The molecule has 1 aliphatic heterocycles. The summed E-state index contributed by atoms with van der Waals surface area (Å²) >= 11 is 0. The monoisotopic (exact) mass is 252 g/mol. The third-order valence-corrected chi connectivity index (χ3v) is 4.89. The van der Waals surface area contributed by atoms with Crippen molar-refractivity contribution in [3.8, 4) is 0 Å². The lowest BCUT2D eigenvalue weighted by Crippen LogP contribution is -2.51. The number of piperazine rings is 1. The molecule has 0 aromatic carbocycles. The van der Waals surface area contributed by atoms with Gasteiger partial charge in [0.2, 0.25) is 0 Å². The van der Waals surface area contributed by atoms with E-state index in [0.29, 0.717) is 17.7 Å². The molecule has 1 heterocycles. The van der Waals surface area contributed by atoms with Gasteiger partial charge in [-0.1, -0.05) is 19.8 Å². The van der Waals surface area contributed by atoms with E-state index in [9.17, 15) is 4.79 Å². The van der Waals surface area contributed by atoms with Gasteiger partial charge in [0.25, 0.3) is 0 Å². The molecule has 2 aliphatic rings. The van der Waals surface area contributed by atoms with Crippen LogP contribution >= 0.6 is 0 Å². The Morgan fingerprint density at radius 1 is 1.11 bits per heavy atom. The van der Waals surface area contributed by atoms with Gasteiger partial charge < -0.3 is 9.80 Å². The molecule has 0 radical (unpaired) electrons. The molecule has 18 heavy (non-hydrogen) atoms. The van der Waals surface area contributed by atoms with Crippen molar-refractivity contribution in [2.24, 2.45) is 11.8 Å². The molecule has 0 aromatic heterocycles. The number of carbonyl (C=O) groups is 1. The van der Waals surface area contributed by atoms with Crippen molar-refractivity contribution in [3.05, 3.63) is 0 Å². The number of hydrogen-bond acceptors (Lipinski definition) is 3. The zero-order valence-corrected chi connectivity index (χ0v) is 12.2. The molecule has 2 fully saturated rings. The Balaban J connectivity index is 1.82. The number of likely N-dealkylation sites (N-methyl/N-ethyl adjacent to an activating group) is 2. The van der Waals surface area contributed by atoms with Crippen LogP contribution in [-0.4, -0.2) is 55.4 Å². The topological polar surface area (TPSA) is 23.6 Å². The molecule has 2 rings (SSSR count). The molecule has 0 spiro atoms. The van der Waals surface area contributed by atoms with Gasteiger partial charge in [-0.15, -0.1) is 0 Å². The highest BCUT2D eigenvalue weighted by molar-refractivity contribution is 5.81. The second-order valence-electron chi connectivity index (χ2n) is 6.52. The first-order valence-corrected chi connectivity index (χ1v) is 7.47. The van der Waals surface area contributed by atoms with E-state index < -0.39 is 0 Å². The van der Waals surface area contributed by atoms with Gasteiger partial charge in [-0.2, -0.15) is 0 Å². The highest BCUT2D eigenvalue weighted by atomic mass is 16.1. The van der Waals surface area contributed by atoms with Crippen molar-refractivity contribution in [1.29, 1.82) is 0 Å². The summed E-state index contributed by atoms with van der Waals surface area (Å²) in [5.74, 6) is 1.72. The summed E-state index contributed by atoms with van der Waals surface area (Å²) < 4.78 is 0. The first-order valence-electron chi connectivity index (χ1n) is 7.47. The minimum absolute atomic E-state index is 0.363. The second kappa shape index (κ2) is 6.16. The Morgan fingerprint density at radius 2 is 1.78 bits per heavy atom. The van der Waals surface area contributed by atoms with E-state index in [4.69, 9.17) is 0 Å². The van der Waals surface area contributed by atoms with Crippen LogP contribution in [-0.2, 0) is 4.79 Å². The fourth-order valence-electron chi connectivity index (χ4n) is 3.30. The predicted octanol–water partition coefficient (Wildman–Crippen LogP) is 2.02. The van der Waals surface area contributed by atoms with Crippen molar-refractivity contribution in [2.75, 3.05) is 33.7 Å². The quantitative estimate of drug-likeness (QED) is 0.768. The summed E-state index contributed by atoms with van der Waals surface area (Å²) in [4.78, 5) is 17.1. The maximum Gasteiger partial charge on any atom is 0.137 e. The summed E-state index contributed by atoms with van der Waals surface area (Å²) in [6, 6.07) is 0.440. The summed E-state index contributed by atoms with van der Waals surface area (Å²) in [5.41, 5.74) is 0. The molecular weight excluding hydrogens is 224 g/mol. The fraction of sp³-hybridized carbons (Fsp3) is 0.933. The number of hydrogen-bond donors (Lipinski definition) is 0. The van der Waals surface area contributed by atoms with Gasteiger partial charge in [0.05, 0.1) is 0 Å². The Bertz CT molecular complexity index is 284. The molecule has 3 heteroatoms. The summed E-state index contributed by atoms with van der Waals surface area (Å²) in [5, 5.41) is 0. The lowest BCUT2D eigenvalue weighted by molar-refractivity contribution is -0.125. The van der Waals surface area contributed by atoms with Crippen molar-refractivity contribution < 1.29 is 4.79 Å². The van der Waals surface area contributed by atoms with Gasteiger partial charge in [-0.25, -0.2) is 0 Å². The number of Topliss-reactive ketones (excluding diaryl/α,β-unsaturated/α-hetero) is 1. The molecule has 0 bridgehead atoms. The zero-order chi connectivity index (χ0) is 13.1. The van der Waals surface area contributed by atoms with Crippen LogP contribution in [0.25, 0.3) is 0 Å². The second-order valence-corrected chi connectivity index (χ2v) is 6.52. The van der Waals surface area contributed by atoms with Gasteiger partial charge in [-0.05, 0) is 32.9 Å². The van der Waals surface area contributed by atoms with Gasteiger partial charge in [0, 0.05) is 38.0 Å². The summed E-state index contributed by atoms with van der Waals surface area (Å²) in [7, 11) is 4.32. The van der Waals surface area contributed by atoms with Crippen molar-refractivity contribution in [1.82, 2.24) is 9.80 Å². The largest absolute Gasteiger partial charge is 0.304 e. The third kappa shape index (κ3) is 3.55. The van der Waals surface area contributed by atoms with Crippen LogP contribution in [0.2, 0.25) is 0 Å². The standard InChI is InChI=1S/C15H28N2O/c1-12-4-6-13(7-5-12)15(18)10-14-11-16(2)8-9-17(14)3/h12-14H,4-11H2,1-3H3. The van der Waals surface area contributed by atoms with Gasteiger partial charge in [0.15, 0.2) is 0 Å². The third-order valence-electron chi connectivity index (χ3n) is 4.89. The molecule has 1 saturated heterocycles. The number of carbonyl (C=O) groups excluding carboxylic acids is 1. The van der Waals surface area contributed by atoms with E-state index in [1.54, 1.807) is 0 Å². The first kappa shape index (κ1) is 14.0. The highest BCUT2D eigenvalue weighted by Crippen LogP contribution is 2.30. The van der Waals surface area contributed by atoms with Crippen molar-refractivity contribution in [2.45, 2.75) is 45.1 Å². The van der Waals surface area contributed by atoms with Gasteiger partial charge in [-0.3, -0.25) is 4.79 Å². The Hall–Kier alpha value is -0.410. The lowest BCUT2D eigenvalue weighted by Gasteiger charge is -2.38. The van der Waals surface area contributed by atoms with E-state index in [1.807, 2.05) is 0 Å². The minimum Gasteiger partial charge on any atom is -0.304 e. The predicted molar refractivity (Wildman–Crippen MR) is 74.7 cm³/mol. The van der Waals surface area contributed by atoms with E-state index in [2.05, 4.69) is 30.8 Å². The molecule has 1 unspecified atom stereocenters. The smallest absolute Gasteiger partial charge is 0.137 e. The number of ketones is 1. The van der Waals surface area contributed by atoms with E-state index in [0.717, 1.165) is 44.8 Å². The van der Waals surface area contributed by atoms with E-state index >= 15 is 0 Å². The molecular formula is C15H28N2O. The van der Waals surface area contributed by atoms with Crippen molar-refractivity contribution >= 4 is 5.78 Å². The Kier molecular flexibility index (Phi) is 4.79. The maximum absolute atomic E-state index is 12.4. The average Bonchev–Trinajstić information content (AvgIpc) is 2.34. The van der Waals surface area contributed by atoms with Crippen LogP contribution in [0.5, 0.6) is 0 Å². The van der Waals surface area contributed by atoms with Gasteiger partial charge >= 0.3 is 0 Å². The van der Waals surface area contributed by atoms with Crippen LogP contribution in [0.15, 0.2) is 0 Å². The molecule has 0 aromatic rings. The van der Waals surface area contributed by atoms with Crippen molar-refractivity contribution in [3.63, 3.8) is 0 Å². The normalized spacial score (nSPS) is 35.6. The molecule has 1 aliphatic carbocycles. The fourth-order valence-corrected chi connectivity index (χ4v) is 3.30. The molecule has 0 amide bonds. The average molecular weight is 252 g/mol. The number of rotatable bonds is 3. The Labute approximate surface area is 112 Å². The summed E-state index contributed by atoms with van der Waals surface area (Å²) in [6.45, 7) is 5.58. The van der Waals surface area contributed by atoms with Crippen LogP contribution in [0.1, 0.15) is 39.0 Å². The van der Waals surface area contributed by atoms with Crippen LogP contribution in [0.3, 0.4) is 0 Å². The van der Waals surface area contributed by atoms with Crippen LogP contribution in [0.4, 0.5) is 0 Å². The van der Waals surface area contributed by atoms with E-state index in [1.165, 1.54) is 12.8 Å². The molecule has 1 saturated carbocycles. The molecule has 0 N–H and O–H groups in total. The maximum atomic E-state index is 12.4. The minimum atomic E-state index is 0.363.